The van der Waals surface area contributed by atoms with Crippen LogP contribution in [0.4, 0.5) is 5.82 Å². The van der Waals surface area contributed by atoms with Gasteiger partial charge in [0.1, 0.15) is 5.82 Å². The van der Waals surface area contributed by atoms with E-state index in [0.29, 0.717) is 24.1 Å². The van der Waals surface area contributed by atoms with Gasteiger partial charge in [-0.05, 0) is 12.5 Å². The fourth-order valence-corrected chi connectivity index (χ4v) is 3.31. The van der Waals surface area contributed by atoms with Gasteiger partial charge < -0.3 is 10.5 Å². The van der Waals surface area contributed by atoms with Crippen molar-refractivity contribution in [2.75, 3.05) is 12.3 Å². The molecule has 5 heteroatoms. The van der Waals surface area contributed by atoms with E-state index >= 15 is 0 Å². The number of ether oxygens (including phenoxy) is 1. The number of nitrogen functional groups attached to an aromatic ring is 1. The van der Waals surface area contributed by atoms with E-state index in [-0.39, 0.29) is 5.41 Å². The van der Waals surface area contributed by atoms with Crippen molar-refractivity contribution in [3.8, 4) is 11.7 Å². The molecule has 2 rings (SSSR count). The van der Waals surface area contributed by atoms with Crippen LogP contribution >= 0.6 is 0 Å². The Bertz CT molecular complexity index is 718. The maximum atomic E-state index is 6.15. The Hall–Kier alpha value is -2.04. The number of rotatable bonds is 13. The summed E-state index contributed by atoms with van der Waals surface area (Å²) in [6, 6.07) is 7.65. The minimum atomic E-state index is -0.0526. The lowest BCUT2D eigenvalue weighted by atomic mass is 9.92. The molecule has 0 bridgehead atoms. The molecule has 2 heterocycles. The Kier molecular flexibility index (Phi) is 9.49. The van der Waals surface area contributed by atoms with Crippen molar-refractivity contribution in [3.63, 3.8) is 0 Å². The predicted octanol–water partition coefficient (Wildman–Crippen LogP) is 6.45. The zero-order chi connectivity index (χ0) is 21.1. The van der Waals surface area contributed by atoms with E-state index < -0.39 is 0 Å². The summed E-state index contributed by atoms with van der Waals surface area (Å²) in [5, 5.41) is 4.63. The normalized spacial score (nSPS) is 11.7. The minimum absolute atomic E-state index is 0.0526. The summed E-state index contributed by atoms with van der Waals surface area (Å²) in [4.78, 5) is 4.58. The van der Waals surface area contributed by atoms with Crippen molar-refractivity contribution in [2.45, 2.75) is 97.3 Å². The average molecular weight is 401 g/mol. The first-order chi connectivity index (χ1) is 13.9. The zero-order valence-electron chi connectivity index (χ0n) is 18.9. The Morgan fingerprint density at radius 3 is 2.14 bits per heavy atom. The summed E-state index contributed by atoms with van der Waals surface area (Å²) < 4.78 is 7.55. The van der Waals surface area contributed by atoms with E-state index in [1.807, 2.05) is 24.3 Å². The Morgan fingerprint density at radius 2 is 1.55 bits per heavy atom. The maximum Gasteiger partial charge on any atom is 0.215 e. The highest BCUT2D eigenvalue weighted by molar-refractivity contribution is 5.41. The summed E-state index contributed by atoms with van der Waals surface area (Å²) in [7, 11) is 0. The summed E-state index contributed by atoms with van der Waals surface area (Å²) in [5.74, 6) is 1.92. The molecule has 2 N–H and O–H groups in total. The second-order valence-corrected chi connectivity index (χ2v) is 8.98. The molecule has 0 aromatic carbocycles. The number of anilines is 1. The van der Waals surface area contributed by atoms with Gasteiger partial charge in [0.25, 0.3) is 0 Å². The average Bonchev–Trinajstić information content (AvgIpc) is 3.08. The standard InChI is InChI=1S/C24H40N4O/c1-5-6-7-8-9-10-11-12-13-14-18-29-23-17-15-16-22(26-23)28-21(25)19-20(27-28)24(2,3)4/h15-17,19H,5-14,18,25H2,1-4H3. The molecule has 0 spiro atoms. The molecule has 162 valence electrons. The first kappa shape index (κ1) is 23.2. The van der Waals surface area contributed by atoms with Gasteiger partial charge in [-0.3, -0.25) is 0 Å². The van der Waals surface area contributed by atoms with Crippen LogP contribution in [-0.4, -0.2) is 21.4 Å². The Morgan fingerprint density at radius 1 is 0.931 bits per heavy atom. The topological polar surface area (TPSA) is 66.0 Å². The van der Waals surface area contributed by atoms with Gasteiger partial charge in [0, 0.05) is 17.5 Å². The first-order valence-corrected chi connectivity index (χ1v) is 11.4. The molecule has 0 saturated heterocycles. The molecule has 0 unspecified atom stereocenters. The molecule has 2 aromatic heterocycles. The molecular formula is C24H40N4O. The quantitative estimate of drug-likeness (QED) is 0.393. The lowest BCUT2D eigenvalue weighted by Gasteiger charge is -2.14. The lowest BCUT2D eigenvalue weighted by molar-refractivity contribution is 0.293. The SMILES string of the molecule is CCCCCCCCCCCCOc1cccc(-n2nc(C(C)(C)C)cc2N)n1. The van der Waals surface area contributed by atoms with Gasteiger partial charge in [-0.2, -0.15) is 14.8 Å². The second-order valence-electron chi connectivity index (χ2n) is 8.98. The number of aromatic nitrogens is 3. The Labute approximate surface area is 177 Å². The number of unbranched alkanes of at least 4 members (excludes halogenated alkanes) is 9. The Balaban J connectivity index is 1.71. The van der Waals surface area contributed by atoms with Crippen LogP contribution < -0.4 is 10.5 Å². The fourth-order valence-electron chi connectivity index (χ4n) is 3.31. The van der Waals surface area contributed by atoms with Crippen LogP contribution in [-0.2, 0) is 5.41 Å². The molecule has 29 heavy (non-hydrogen) atoms. The van der Waals surface area contributed by atoms with Crippen molar-refractivity contribution in [1.29, 1.82) is 0 Å². The highest BCUT2D eigenvalue weighted by Gasteiger charge is 2.20. The monoisotopic (exact) mass is 400 g/mol. The molecule has 0 atom stereocenters. The lowest BCUT2D eigenvalue weighted by Crippen LogP contribution is -2.13. The molecule has 0 amide bonds. The van der Waals surface area contributed by atoms with Crippen molar-refractivity contribution in [3.05, 3.63) is 30.0 Å². The van der Waals surface area contributed by atoms with Gasteiger partial charge in [-0.15, -0.1) is 0 Å². The third kappa shape index (κ3) is 8.08. The van der Waals surface area contributed by atoms with Gasteiger partial charge in [0.15, 0.2) is 5.82 Å². The van der Waals surface area contributed by atoms with Crippen LogP contribution in [0.3, 0.4) is 0 Å². The van der Waals surface area contributed by atoms with Crippen LogP contribution in [0.25, 0.3) is 5.82 Å². The van der Waals surface area contributed by atoms with Crippen LogP contribution in [0, 0.1) is 0 Å². The largest absolute Gasteiger partial charge is 0.478 e. The van der Waals surface area contributed by atoms with E-state index in [2.05, 4.69) is 37.8 Å². The van der Waals surface area contributed by atoms with E-state index in [1.54, 1.807) is 4.68 Å². The molecular weight excluding hydrogens is 360 g/mol. The third-order valence-electron chi connectivity index (χ3n) is 5.18. The highest BCUT2D eigenvalue weighted by atomic mass is 16.5. The molecule has 0 aliphatic heterocycles. The van der Waals surface area contributed by atoms with Crippen molar-refractivity contribution < 1.29 is 4.74 Å². The van der Waals surface area contributed by atoms with E-state index in [9.17, 15) is 0 Å². The summed E-state index contributed by atoms with van der Waals surface area (Å²) >= 11 is 0. The molecule has 5 nitrogen and oxygen atoms in total. The van der Waals surface area contributed by atoms with Crippen LogP contribution in [0.2, 0.25) is 0 Å². The highest BCUT2D eigenvalue weighted by Crippen LogP contribution is 2.24. The molecule has 0 radical (unpaired) electrons. The number of hydrogen-bond donors (Lipinski definition) is 1. The van der Waals surface area contributed by atoms with Gasteiger partial charge in [-0.25, -0.2) is 0 Å². The summed E-state index contributed by atoms with van der Waals surface area (Å²) in [6.45, 7) is 9.34. The number of nitrogens with two attached hydrogens (primary N) is 1. The summed E-state index contributed by atoms with van der Waals surface area (Å²) in [6.07, 6.45) is 13.2. The van der Waals surface area contributed by atoms with Gasteiger partial charge in [-0.1, -0.05) is 91.5 Å². The van der Waals surface area contributed by atoms with Gasteiger partial charge >= 0.3 is 0 Å². The number of pyridine rings is 1. The van der Waals surface area contributed by atoms with Crippen LogP contribution in [0.5, 0.6) is 5.88 Å². The first-order valence-electron chi connectivity index (χ1n) is 11.4. The minimum Gasteiger partial charge on any atom is -0.478 e. The van der Waals surface area contributed by atoms with Gasteiger partial charge in [0.2, 0.25) is 5.88 Å². The van der Waals surface area contributed by atoms with Crippen LogP contribution in [0.15, 0.2) is 24.3 Å². The van der Waals surface area contributed by atoms with E-state index in [4.69, 9.17) is 10.5 Å². The number of hydrogen-bond acceptors (Lipinski definition) is 4. The predicted molar refractivity (Wildman–Crippen MR) is 122 cm³/mol. The third-order valence-corrected chi connectivity index (χ3v) is 5.18. The molecule has 2 aromatic rings. The second kappa shape index (κ2) is 11.8. The van der Waals surface area contributed by atoms with Crippen molar-refractivity contribution >= 4 is 5.82 Å². The molecule has 0 aliphatic rings. The zero-order valence-corrected chi connectivity index (χ0v) is 18.9. The number of nitrogens with zero attached hydrogens (tertiary/aromatic N) is 3. The van der Waals surface area contributed by atoms with E-state index in [1.165, 1.54) is 57.8 Å². The molecule has 0 aliphatic carbocycles. The fraction of sp³-hybridized carbons (Fsp3) is 0.667. The van der Waals surface area contributed by atoms with Crippen LogP contribution in [0.1, 0.15) is 97.6 Å². The smallest absolute Gasteiger partial charge is 0.215 e. The molecule has 0 fully saturated rings. The van der Waals surface area contributed by atoms with Crippen molar-refractivity contribution in [1.82, 2.24) is 14.8 Å². The maximum absolute atomic E-state index is 6.15. The van der Waals surface area contributed by atoms with E-state index in [0.717, 1.165) is 12.1 Å². The van der Waals surface area contributed by atoms with Gasteiger partial charge in [0.05, 0.1) is 12.3 Å². The molecule has 0 saturated carbocycles. The summed E-state index contributed by atoms with van der Waals surface area (Å²) in [5.41, 5.74) is 7.05. The van der Waals surface area contributed by atoms with Crippen molar-refractivity contribution in [2.24, 2.45) is 0 Å².